The van der Waals surface area contributed by atoms with E-state index in [1.807, 2.05) is 6.92 Å². The highest BCUT2D eigenvalue weighted by Crippen LogP contribution is 2.28. The molecule has 3 nitrogen and oxygen atoms in total. The molecular formula is C16H26BrNO2. The van der Waals surface area contributed by atoms with E-state index in [1.54, 1.807) is 7.11 Å². The van der Waals surface area contributed by atoms with Gasteiger partial charge in [0.1, 0.15) is 12.4 Å². The zero-order valence-electron chi connectivity index (χ0n) is 13.3. The molecule has 1 aromatic carbocycles. The lowest BCUT2D eigenvalue weighted by Gasteiger charge is -2.23. The third kappa shape index (κ3) is 5.81. The molecule has 0 aliphatic rings. The normalized spacial score (nSPS) is 13.3. The average molecular weight is 344 g/mol. The summed E-state index contributed by atoms with van der Waals surface area (Å²) in [7, 11) is 1.70. The van der Waals surface area contributed by atoms with Crippen molar-refractivity contribution < 1.29 is 9.47 Å². The molecule has 0 bridgehead atoms. The summed E-state index contributed by atoms with van der Waals surface area (Å²) in [6, 6.07) is 4.19. The van der Waals surface area contributed by atoms with Crippen molar-refractivity contribution in [1.82, 2.24) is 5.32 Å². The molecule has 1 atom stereocenters. The van der Waals surface area contributed by atoms with Crippen LogP contribution in [-0.4, -0.2) is 25.4 Å². The van der Waals surface area contributed by atoms with Crippen molar-refractivity contribution in [2.45, 2.75) is 52.8 Å². The van der Waals surface area contributed by atoms with Crippen molar-refractivity contribution in [2.75, 3.05) is 13.7 Å². The van der Waals surface area contributed by atoms with Gasteiger partial charge in [-0.1, -0.05) is 15.9 Å². The molecule has 1 aromatic rings. The van der Waals surface area contributed by atoms with E-state index in [0.717, 1.165) is 27.9 Å². The molecule has 0 amide bonds. The fraction of sp³-hybridized carbons (Fsp3) is 0.625. The first-order valence-electron chi connectivity index (χ1n) is 6.92. The van der Waals surface area contributed by atoms with Crippen molar-refractivity contribution in [3.63, 3.8) is 0 Å². The SMILES string of the molecule is COC(C)COc1c(C)cc(Br)cc1CNC(C)(C)C. The zero-order valence-corrected chi connectivity index (χ0v) is 14.9. The Morgan fingerprint density at radius 1 is 1.30 bits per heavy atom. The van der Waals surface area contributed by atoms with Gasteiger partial charge in [0.15, 0.2) is 0 Å². The van der Waals surface area contributed by atoms with Gasteiger partial charge in [0.05, 0.1) is 6.10 Å². The molecule has 114 valence electrons. The van der Waals surface area contributed by atoms with Gasteiger partial charge in [-0.05, 0) is 52.3 Å². The van der Waals surface area contributed by atoms with Crippen LogP contribution in [0, 0.1) is 6.92 Å². The van der Waals surface area contributed by atoms with Gasteiger partial charge in [-0.25, -0.2) is 0 Å². The fourth-order valence-electron chi connectivity index (χ4n) is 1.77. The van der Waals surface area contributed by atoms with Crippen LogP contribution in [0.1, 0.15) is 38.8 Å². The van der Waals surface area contributed by atoms with Crippen molar-refractivity contribution in [2.24, 2.45) is 0 Å². The highest BCUT2D eigenvalue weighted by atomic mass is 79.9. The number of hydrogen-bond donors (Lipinski definition) is 1. The van der Waals surface area contributed by atoms with E-state index in [2.05, 4.69) is 61.1 Å². The summed E-state index contributed by atoms with van der Waals surface area (Å²) in [4.78, 5) is 0. The Labute approximate surface area is 131 Å². The Bertz CT molecular complexity index is 441. The Hall–Kier alpha value is -0.580. The van der Waals surface area contributed by atoms with Gasteiger partial charge in [-0.15, -0.1) is 0 Å². The molecule has 0 aromatic heterocycles. The van der Waals surface area contributed by atoms with Crippen LogP contribution in [0.3, 0.4) is 0 Å². The van der Waals surface area contributed by atoms with Crippen molar-refractivity contribution >= 4 is 15.9 Å². The largest absolute Gasteiger partial charge is 0.490 e. The summed E-state index contributed by atoms with van der Waals surface area (Å²) < 4.78 is 12.3. The van der Waals surface area contributed by atoms with Crippen LogP contribution in [0.2, 0.25) is 0 Å². The Morgan fingerprint density at radius 2 is 1.95 bits per heavy atom. The predicted octanol–water partition coefficient (Wildman–Crippen LogP) is 4.06. The summed E-state index contributed by atoms with van der Waals surface area (Å²) in [5.41, 5.74) is 2.37. The number of benzene rings is 1. The minimum atomic E-state index is 0.0767. The van der Waals surface area contributed by atoms with Crippen molar-refractivity contribution in [1.29, 1.82) is 0 Å². The molecule has 0 heterocycles. The van der Waals surface area contributed by atoms with E-state index in [9.17, 15) is 0 Å². The predicted molar refractivity (Wildman–Crippen MR) is 87.4 cm³/mol. The van der Waals surface area contributed by atoms with E-state index in [0.29, 0.717) is 6.61 Å². The minimum Gasteiger partial charge on any atom is -0.490 e. The third-order valence-electron chi connectivity index (χ3n) is 2.99. The molecule has 0 aliphatic carbocycles. The first-order valence-corrected chi connectivity index (χ1v) is 7.72. The van der Waals surface area contributed by atoms with Crippen LogP contribution >= 0.6 is 15.9 Å². The Kier molecular flexibility index (Phi) is 6.49. The molecule has 0 spiro atoms. The van der Waals surface area contributed by atoms with Crippen LogP contribution in [-0.2, 0) is 11.3 Å². The summed E-state index contributed by atoms with van der Waals surface area (Å²) in [6.07, 6.45) is 0.0847. The summed E-state index contributed by atoms with van der Waals surface area (Å²) >= 11 is 3.55. The third-order valence-corrected chi connectivity index (χ3v) is 3.45. The Morgan fingerprint density at radius 3 is 2.50 bits per heavy atom. The molecular weight excluding hydrogens is 318 g/mol. The number of methoxy groups -OCH3 is 1. The van der Waals surface area contributed by atoms with E-state index < -0.39 is 0 Å². The minimum absolute atomic E-state index is 0.0767. The highest BCUT2D eigenvalue weighted by molar-refractivity contribution is 9.10. The molecule has 0 saturated carbocycles. The van der Waals surface area contributed by atoms with Crippen molar-refractivity contribution in [3.05, 3.63) is 27.7 Å². The first kappa shape index (κ1) is 17.5. The lowest BCUT2D eigenvalue weighted by molar-refractivity contribution is 0.0709. The van der Waals surface area contributed by atoms with Gasteiger partial charge in [0.25, 0.3) is 0 Å². The molecule has 20 heavy (non-hydrogen) atoms. The average Bonchev–Trinajstić information content (AvgIpc) is 2.33. The van der Waals surface area contributed by atoms with Gasteiger partial charge in [0.2, 0.25) is 0 Å². The smallest absolute Gasteiger partial charge is 0.126 e. The number of aryl methyl sites for hydroxylation is 1. The second-order valence-electron chi connectivity index (χ2n) is 6.17. The molecule has 0 aliphatic heterocycles. The number of rotatable bonds is 6. The number of nitrogens with one attached hydrogen (secondary N) is 1. The van der Waals surface area contributed by atoms with Crippen LogP contribution in [0.25, 0.3) is 0 Å². The second kappa shape index (κ2) is 7.43. The van der Waals surface area contributed by atoms with Crippen LogP contribution < -0.4 is 10.1 Å². The maximum atomic E-state index is 5.95. The quantitative estimate of drug-likeness (QED) is 0.844. The molecule has 1 N–H and O–H groups in total. The number of ether oxygens (including phenoxy) is 2. The topological polar surface area (TPSA) is 30.5 Å². The summed E-state index contributed by atoms with van der Waals surface area (Å²) in [6.45, 7) is 11.9. The maximum absolute atomic E-state index is 5.95. The molecule has 1 unspecified atom stereocenters. The Balaban J connectivity index is 2.89. The van der Waals surface area contributed by atoms with Crippen LogP contribution in [0.15, 0.2) is 16.6 Å². The fourth-order valence-corrected chi connectivity index (χ4v) is 2.39. The molecule has 1 rings (SSSR count). The molecule has 4 heteroatoms. The number of halogens is 1. The van der Waals surface area contributed by atoms with E-state index in [-0.39, 0.29) is 11.6 Å². The van der Waals surface area contributed by atoms with Gasteiger partial charge in [-0.3, -0.25) is 0 Å². The van der Waals surface area contributed by atoms with Crippen LogP contribution in [0.5, 0.6) is 5.75 Å². The van der Waals surface area contributed by atoms with Gasteiger partial charge in [0, 0.05) is 29.2 Å². The molecule has 0 saturated heterocycles. The van der Waals surface area contributed by atoms with Gasteiger partial charge >= 0.3 is 0 Å². The van der Waals surface area contributed by atoms with E-state index in [4.69, 9.17) is 9.47 Å². The van der Waals surface area contributed by atoms with Crippen molar-refractivity contribution in [3.8, 4) is 5.75 Å². The van der Waals surface area contributed by atoms with Gasteiger partial charge < -0.3 is 14.8 Å². The van der Waals surface area contributed by atoms with Gasteiger partial charge in [-0.2, -0.15) is 0 Å². The monoisotopic (exact) mass is 343 g/mol. The van der Waals surface area contributed by atoms with E-state index >= 15 is 0 Å². The lowest BCUT2D eigenvalue weighted by Crippen LogP contribution is -2.35. The number of hydrogen-bond acceptors (Lipinski definition) is 3. The standard InChI is InChI=1S/C16H26BrNO2/c1-11-7-14(17)8-13(9-18-16(3,4)5)15(11)20-10-12(2)19-6/h7-8,12,18H,9-10H2,1-6H3. The zero-order chi connectivity index (χ0) is 15.3. The first-order chi connectivity index (χ1) is 9.23. The molecule has 0 fully saturated rings. The lowest BCUT2D eigenvalue weighted by atomic mass is 10.1. The maximum Gasteiger partial charge on any atom is 0.126 e. The second-order valence-corrected chi connectivity index (χ2v) is 7.09. The highest BCUT2D eigenvalue weighted by Gasteiger charge is 2.14. The summed E-state index contributed by atoms with van der Waals surface area (Å²) in [5.74, 6) is 0.953. The summed E-state index contributed by atoms with van der Waals surface area (Å²) in [5, 5.41) is 3.50. The van der Waals surface area contributed by atoms with E-state index in [1.165, 1.54) is 0 Å². The molecule has 0 radical (unpaired) electrons. The van der Waals surface area contributed by atoms with Crippen LogP contribution in [0.4, 0.5) is 0 Å².